The molecule has 0 spiro atoms. The molecule has 0 aromatic heterocycles. The summed E-state index contributed by atoms with van der Waals surface area (Å²) < 4.78 is 5.91. The molecule has 1 N–H and O–H groups in total. The van der Waals surface area contributed by atoms with Crippen LogP contribution in [0.25, 0.3) is 6.08 Å². The number of anilines is 1. The van der Waals surface area contributed by atoms with Crippen molar-refractivity contribution in [1.29, 1.82) is 0 Å². The van der Waals surface area contributed by atoms with Gasteiger partial charge in [0, 0.05) is 10.6 Å². The zero-order chi connectivity index (χ0) is 20.2. The number of ether oxygens (including phenoxy) is 1. The first-order valence-electron chi connectivity index (χ1n) is 9.00. The smallest absolute Gasteiger partial charge is 0.282 e. The highest BCUT2D eigenvalue weighted by Gasteiger charge is 2.34. The Kier molecular flexibility index (Phi) is 5.31. The molecule has 1 heterocycles. The van der Waals surface area contributed by atoms with Crippen LogP contribution in [-0.2, 0) is 16.2 Å². The molecule has 1 fully saturated rings. The van der Waals surface area contributed by atoms with Gasteiger partial charge in [-0.1, -0.05) is 60.1 Å². The van der Waals surface area contributed by atoms with E-state index >= 15 is 0 Å². The van der Waals surface area contributed by atoms with E-state index in [4.69, 9.17) is 16.3 Å². The summed E-state index contributed by atoms with van der Waals surface area (Å²) in [6.45, 7) is 0.356. The van der Waals surface area contributed by atoms with E-state index in [1.165, 1.54) is 11.1 Å². The van der Waals surface area contributed by atoms with Crippen molar-refractivity contribution >= 4 is 35.2 Å². The van der Waals surface area contributed by atoms with Crippen molar-refractivity contribution in [1.82, 2.24) is 5.43 Å². The van der Waals surface area contributed by atoms with Crippen molar-refractivity contribution in [3.8, 4) is 5.75 Å². The van der Waals surface area contributed by atoms with Gasteiger partial charge in [0.15, 0.2) is 0 Å². The third kappa shape index (κ3) is 4.15. The normalized spacial score (nSPS) is 14.9. The number of benzene rings is 3. The number of amides is 2. The van der Waals surface area contributed by atoms with Gasteiger partial charge in [0.25, 0.3) is 11.8 Å². The van der Waals surface area contributed by atoms with Gasteiger partial charge in [0.05, 0.1) is 5.69 Å². The molecule has 0 bridgehead atoms. The number of halogens is 1. The lowest BCUT2D eigenvalue weighted by Crippen LogP contribution is -2.35. The number of rotatable bonds is 5. The molecule has 1 aliphatic rings. The molecule has 0 saturated carbocycles. The van der Waals surface area contributed by atoms with Crippen molar-refractivity contribution in [2.75, 3.05) is 5.01 Å². The first kappa shape index (κ1) is 18.8. The topological polar surface area (TPSA) is 58.6 Å². The predicted molar refractivity (Wildman–Crippen MR) is 112 cm³/mol. The zero-order valence-electron chi connectivity index (χ0n) is 15.3. The monoisotopic (exact) mass is 404 g/mol. The first-order valence-corrected chi connectivity index (χ1v) is 9.38. The summed E-state index contributed by atoms with van der Waals surface area (Å²) in [7, 11) is 0. The molecule has 3 aromatic rings. The number of nitrogens with zero attached hydrogens (tertiary/aromatic N) is 1. The van der Waals surface area contributed by atoms with Crippen LogP contribution in [-0.4, -0.2) is 11.8 Å². The van der Waals surface area contributed by atoms with E-state index < -0.39 is 11.8 Å². The third-order valence-electron chi connectivity index (χ3n) is 4.41. The van der Waals surface area contributed by atoms with Crippen molar-refractivity contribution in [3.05, 3.63) is 101 Å². The van der Waals surface area contributed by atoms with Gasteiger partial charge in [0.2, 0.25) is 0 Å². The van der Waals surface area contributed by atoms with Gasteiger partial charge in [0.1, 0.15) is 17.9 Å². The molecule has 3 aromatic carbocycles. The van der Waals surface area contributed by atoms with Gasteiger partial charge in [-0.2, -0.15) is 0 Å². The fraction of sp³-hybridized carbons (Fsp3) is 0.0435. The minimum atomic E-state index is -0.479. The second kappa shape index (κ2) is 8.20. The van der Waals surface area contributed by atoms with Crippen LogP contribution < -0.4 is 15.2 Å². The Hall–Kier alpha value is -3.57. The van der Waals surface area contributed by atoms with Gasteiger partial charge in [-0.15, -0.1) is 0 Å². The summed E-state index contributed by atoms with van der Waals surface area (Å²) in [6.07, 6.45) is 1.51. The average Bonchev–Trinajstić information content (AvgIpc) is 3.03. The highest BCUT2D eigenvalue weighted by molar-refractivity contribution is 6.32. The van der Waals surface area contributed by atoms with Crippen LogP contribution in [0.4, 0.5) is 5.69 Å². The van der Waals surface area contributed by atoms with Crippen LogP contribution in [0.15, 0.2) is 84.4 Å². The predicted octanol–water partition coefficient (Wildman–Crippen LogP) is 4.38. The number of hydrogen-bond acceptors (Lipinski definition) is 3. The van der Waals surface area contributed by atoms with E-state index in [9.17, 15) is 9.59 Å². The lowest BCUT2D eigenvalue weighted by atomic mass is 10.1. The lowest BCUT2D eigenvalue weighted by Gasteiger charge is -2.14. The molecular formula is C23H17ClN2O3. The summed E-state index contributed by atoms with van der Waals surface area (Å²) in [6, 6.07) is 23.7. The van der Waals surface area contributed by atoms with E-state index in [0.29, 0.717) is 28.6 Å². The maximum absolute atomic E-state index is 12.8. The fourth-order valence-corrected chi connectivity index (χ4v) is 3.15. The van der Waals surface area contributed by atoms with Gasteiger partial charge in [-0.3, -0.25) is 15.0 Å². The second-order valence-electron chi connectivity index (χ2n) is 6.43. The molecule has 2 amide bonds. The Bertz CT molecular complexity index is 1080. The van der Waals surface area contributed by atoms with Crippen molar-refractivity contribution in [2.45, 2.75) is 6.61 Å². The highest BCUT2D eigenvalue weighted by Crippen LogP contribution is 2.28. The quantitative estimate of drug-likeness (QED) is 0.507. The summed E-state index contributed by atoms with van der Waals surface area (Å²) in [5, 5.41) is 1.71. The summed E-state index contributed by atoms with van der Waals surface area (Å²) in [4.78, 5) is 25.2. The van der Waals surface area contributed by atoms with E-state index in [0.717, 1.165) is 5.56 Å². The molecule has 1 aliphatic heterocycles. The number of carbonyl (C=O) groups excluding carboxylic acids is 2. The van der Waals surface area contributed by atoms with Crippen LogP contribution in [0, 0.1) is 0 Å². The van der Waals surface area contributed by atoms with Crippen LogP contribution in [0.3, 0.4) is 0 Å². The zero-order valence-corrected chi connectivity index (χ0v) is 16.1. The van der Waals surface area contributed by atoms with Gasteiger partial charge in [-0.05, 0) is 42.0 Å². The summed E-state index contributed by atoms with van der Waals surface area (Å²) >= 11 is 6.14. The Labute approximate surface area is 173 Å². The number of nitrogens with one attached hydrogen (secondary N) is 1. The highest BCUT2D eigenvalue weighted by atomic mass is 35.5. The standard InChI is InChI=1S/C23H17ClN2O3/c24-18-11-12-21(29-15-16-7-3-1-4-8-16)17(13-18)14-20-22(27)25-26(23(20)28)19-9-5-2-6-10-19/h1-14H,15H2,(H,25,27)/b20-14+. The largest absolute Gasteiger partial charge is 0.488 e. The minimum Gasteiger partial charge on any atom is -0.488 e. The number of para-hydroxylation sites is 1. The molecule has 0 radical (unpaired) electrons. The Morgan fingerprint density at radius 2 is 1.62 bits per heavy atom. The van der Waals surface area contributed by atoms with E-state index in [-0.39, 0.29) is 5.57 Å². The number of hydrazine groups is 1. The van der Waals surface area contributed by atoms with E-state index in [2.05, 4.69) is 5.43 Å². The van der Waals surface area contributed by atoms with Crippen LogP contribution in [0.1, 0.15) is 11.1 Å². The minimum absolute atomic E-state index is 0.0145. The third-order valence-corrected chi connectivity index (χ3v) is 4.65. The first-order chi connectivity index (χ1) is 14.1. The van der Waals surface area contributed by atoms with Gasteiger partial charge < -0.3 is 4.74 Å². The number of carbonyl (C=O) groups is 2. The Balaban J connectivity index is 1.62. The average molecular weight is 405 g/mol. The molecule has 4 rings (SSSR count). The summed E-state index contributed by atoms with van der Waals surface area (Å²) in [5.74, 6) is -0.382. The van der Waals surface area contributed by atoms with Crippen molar-refractivity contribution in [2.24, 2.45) is 0 Å². The molecule has 144 valence electrons. The maximum atomic E-state index is 12.8. The Morgan fingerprint density at radius 3 is 2.34 bits per heavy atom. The molecule has 1 saturated heterocycles. The lowest BCUT2D eigenvalue weighted by molar-refractivity contribution is -0.117. The number of hydrogen-bond donors (Lipinski definition) is 1. The second-order valence-corrected chi connectivity index (χ2v) is 6.87. The van der Waals surface area contributed by atoms with Crippen molar-refractivity contribution in [3.63, 3.8) is 0 Å². The van der Waals surface area contributed by atoms with E-state index in [1.54, 1.807) is 42.5 Å². The van der Waals surface area contributed by atoms with Crippen LogP contribution in [0.5, 0.6) is 5.75 Å². The molecule has 29 heavy (non-hydrogen) atoms. The maximum Gasteiger partial charge on any atom is 0.282 e. The van der Waals surface area contributed by atoms with Crippen molar-refractivity contribution < 1.29 is 14.3 Å². The molecule has 6 heteroatoms. The molecule has 5 nitrogen and oxygen atoms in total. The van der Waals surface area contributed by atoms with Crippen LogP contribution >= 0.6 is 11.6 Å². The van der Waals surface area contributed by atoms with Crippen LogP contribution in [0.2, 0.25) is 5.02 Å². The van der Waals surface area contributed by atoms with Gasteiger partial charge in [-0.25, -0.2) is 5.01 Å². The molecule has 0 atom stereocenters. The molecule has 0 unspecified atom stereocenters. The summed E-state index contributed by atoms with van der Waals surface area (Å²) in [5.41, 5.74) is 4.75. The van der Waals surface area contributed by atoms with Gasteiger partial charge >= 0.3 is 0 Å². The fourth-order valence-electron chi connectivity index (χ4n) is 2.97. The molecular weight excluding hydrogens is 388 g/mol. The molecule has 0 aliphatic carbocycles. The SMILES string of the molecule is O=C1NN(c2ccccc2)C(=O)/C1=C/c1cc(Cl)ccc1OCc1ccccc1. The Morgan fingerprint density at radius 1 is 0.931 bits per heavy atom. The van der Waals surface area contributed by atoms with E-state index in [1.807, 2.05) is 36.4 Å².